The summed E-state index contributed by atoms with van der Waals surface area (Å²) in [6, 6.07) is 3.47. The first kappa shape index (κ1) is 14.3. The fraction of sp³-hybridized carbons (Fsp3) is 0.571. The van der Waals surface area contributed by atoms with E-state index in [1.807, 2.05) is 17.9 Å². The second-order valence-corrected chi connectivity index (χ2v) is 5.14. The monoisotopic (exact) mass is 282 g/mol. The van der Waals surface area contributed by atoms with E-state index >= 15 is 0 Å². The van der Waals surface area contributed by atoms with Gasteiger partial charge in [-0.2, -0.15) is 0 Å². The number of carbonyl (C=O) groups excluding carboxylic acids is 1. The van der Waals surface area contributed by atoms with Crippen molar-refractivity contribution in [3.05, 3.63) is 28.5 Å². The highest BCUT2D eigenvalue weighted by atomic mass is 35.5. The summed E-state index contributed by atoms with van der Waals surface area (Å²) in [5, 5.41) is 0.384. The van der Waals surface area contributed by atoms with E-state index in [-0.39, 0.29) is 12.0 Å². The van der Waals surface area contributed by atoms with E-state index in [0.717, 1.165) is 38.0 Å². The van der Waals surface area contributed by atoms with Crippen molar-refractivity contribution in [3.8, 4) is 0 Å². The Balaban J connectivity index is 2.09. The average molecular weight is 283 g/mol. The smallest absolute Gasteiger partial charge is 0.254 e. The second-order valence-electron chi connectivity index (χ2n) is 4.75. The summed E-state index contributed by atoms with van der Waals surface area (Å²) in [7, 11) is 1.72. The van der Waals surface area contributed by atoms with Gasteiger partial charge in [-0.1, -0.05) is 18.5 Å². The fourth-order valence-electron chi connectivity index (χ4n) is 2.33. The molecule has 1 aromatic heterocycles. The molecular weight excluding hydrogens is 264 g/mol. The van der Waals surface area contributed by atoms with Crippen molar-refractivity contribution in [2.45, 2.75) is 32.3 Å². The number of nitrogens with zero attached hydrogens (tertiary/aromatic N) is 2. The highest BCUT2D eigenvalue weighted by Crippen LogP contribution is 2.18. The van der Waals surface area contributed by atoms with Crippen LogP contribution in [0, 0.1) is 0 Å². The van der Waals surface area contributed by atoms with Crippen LogP contribution < -0.4 is 0 Å². The van der Waals surface area contributed by atoms with Crippen molar-refractivity contribution in [1.29, 1.82) is 0 Å². The molecule has 4 nitrogen and oxygen atoms in total. The predicted molar refractivity (Wildman–Crippen MR) is 74.6 cm³/mol. The lowest BCUT2D eigenvalue weighted by atomic mass is 10.1. The highest BCUT2D eigenvalue weighted by molar-refractivity contribution is 6.29. The number of halogens is 1. The first-order valence-corrected chi connectivity index (χ1v) is 7.00. The van der Waals surface area contributed by atoms with Crippen LogP contribution >= 0.6 is 11.6 Å². The molecule has 0 spiro atoms. The molecule has 0 aromatic carbocycles. The van der Waals surface area contributed by atoms with Crippen LogP contribution in [0.5, 0.6) is 0 Å². The van der Waals surface area contributed by atoms with E-state index in [0.29, 0.717) is 10.7 Å². The number of hydrogen-bond acceptors (Lipinski definition) is 3. The molecule has 2 heterocycles. The second kappa shape index (κ2) is 6.35. The number of methoxy groups -OCH3 is 1. The topological polar surface area (TPSA) is 42.4 Å². The summed E-state index contributed by atoms with van der Waals surface area (Å²) in [6.07, 6.45) is 2.83. The molecule has 1 saturated heterocycles. The summed E-state index contributed by atoms with van der Waals surface area (Å²) in [4.78, 5) is 18.5. The van der Waals surface area contributed by atoms with Gasteiger partial charge in [0, 0.05) is 31.5 Å². The van der Waals surface area contributed by atoms with Gasteiger partial charge in [0.25, 0.3) is 5.91 Å². The number of aromatic nitrogens is 1. The van der Waals surface area contributed by atoms with Crippen LogP contribution in [0.1, 0.15) is 35.8 Å². The molecule has 0 aliphatic carbocycles. The Bertz CT molecular complexity index is 457. The number of carbonyl (C=O) groups is 1. The standard InChI is InChI=1S/C14H19ClN2O2/c1-3-11-8-10(9-13(15)16-11)14(18)17-6-4-12(19-2)5-7-17/h8-9,12H,3-7H2,1-2H3. The number of hydrogen-bond donors (Lipinski definition) is 0. The molecule has 1 amide bonds. The summed E-state index contributed by atoms with van der Waals surface area (Å²) in [6.45, 7) is 3.47. The summed E-state index contributed by atoms with van der Waals surface area (Å²) < 4.78 is 5.31. The van der Waals surface area contributed by atoms with Gasteiger partial charge >= 0.3 is 0 Å². The van der Waals surface area contributed by atoms with Crippen LogP contribution in [-0.2, 0) is 11.2 Å². The maximum atomic E-state index is 12.4. The average Bonchev–Trinajstić information content (AvgIpc) is 2.46. The van der Waals surface area contributed by atoms with Gasteiger partial charge in [-0.05, 0) is 31.4 Å². The lowest BCUT2D eigenvalue weighted by Crippen LogP contribution is -2.40. The van der Waals surface area contributed by atoms with Crippen LogP contribution in [0.15, 0.2) is 12.1 Å². The third-order valence-electron chi connectivity index (χ3n) is 3.52. The Morgan fingerprint density at radius 2 is 2.16 bits per heavy atom. The Kier molecular flexibility index (Phi) is 4.77. The van der Waals surface area contributed by atoms with Crippen LogP contribution in [0.25, 0.3) is 0 Å². The number of ether oxygens (including phenoxy) is 1. The number of rotatable bonds is 3. The first-order chi connectivity index (χ1) is 9.13. The quantitative estimate of drug-likeness (QED) is 0.800. The van der Waals surface area contributed by atoms with Gasteiger partial charge < -0.3 is 9.64 Å². The molecule has 104 valence electrons. The number of piperidine rings is 1. The molecule has 0 saturated carbocycles. The molecule has 1 aliphatic rings. The van der Waals surface area contributed by atoms with Gasteiger partial charge in [0.15, 0.2) is 0 Å². The maximum Gasteiger partial charge on any atom is 0.254 e. The van der Waals surface area contributed by atoms with Gasteiger partial charge in [-0.25, -0.2) is 4.98 Å². The Hall–Kier alpha value is -1.13. The van der Waals surface area contributed by atoms with Crippen molar-refractivity contribution in [1.82, 2.24) is 9.88 Å². The molecule has 0 atom stereocenters. The Morgan fingerprint density at radius 1 is 1.47 bits per heavy atom. The molecule has 0 radical (unpaired) electrons. The maximum absolute atomic E-state index is 12.4. The molecule has 1 fully saturated rings. The van der Waals surface area contributed by atoms with Crippen LogP contribution in [0.2, 0.25) is 5.15 Å². The Labute approximate surface area is 118 Å². The number of aryl methyl sites for hydroxylation is 1. The van der Waals surface area contributed by atoms with E-state index in [1.165, 1.54) is 0 Å². The van der Waals surface area contributed by atoms with Crippen LogP contribution in [0.4, 0.5) is 0 Å². The van der Waals surface area contributed by atoms with Gasteiger partial charge in [0.1, 0.15) is 5.15 Å². The lowest BCUT2D eigenvalue weighted by molar-refractivity contribution is 0.0350. The number of likely N-dealkylation sites (tertiary alicyclic amines) is 1. The zero-order valence-electron chi connectivity index (χ0n) is 11.4. The molecule has 1 aliphatic heterocycles. The lowest BCUT2D eigenvalue weighted by Gasteiger charge is -2.31. The highest BCUT2D eigenvalue weighted by Gasteiger charge is 2.23. The predicted octanol–water partition coefficient (Wildman–Crippen LogP) is 2.55. The first-order valence-electron chi connectivity index (χ1n) is 6.62. The van der Waals surface area contributed by atoms with E-state index in [2.05, 4.69) is 4.98 Å². The van der Waals surface area contributed by atoms with E-state index in [9.17, 15) is 4.79 Å². The molecule has 2 rings (SSSR count). The van der Waals surface area contributed by atoms with Gasteiger partial charge in [0.2, 0.25) is 0 Å². The zero-order chi connectivity index (χ0) is 13.8. The molecular formula is C14H19ClN2O2. The third kappa shape index (κ3) is 3.45. The zero-order valence-corrected chi connectivity index (χ0v) is 12.1. The summed E-state index contributed by atoms with van der Waals surface area (Å²) in [5.74, 6) is 0.0357. The largest absolute Gasteiger partial charge is 0.381 e. The molecule has 0 unspecified atom stereocenters. The van der Waals surface area contributed by atoms with Gasteiger partial charge in [0.05, 0.1) is 6.10 Å². The van der Waals surface area contributed by atoms with Gasteiger partial charge in [-0.15, -0.1) is 0 Å². The summed E-state index contributed by atoms with van der Waals surface area (Å²) >= 11 is 5.96. The molecule has 1 aromatic rings. The van der Waals surface area contributed by atoms with E-state index < -0.39 is 0 Å². The van der Waals surface area contributed by atoms with Crippen molar-refractivity contribution >= 4 is 17.5 Å². The van der Waals surface area contributed by atoms with Crippen LogP contribution in [-0.4, -0.2) is 42.1 Å². The number of pyridine rings is 1. The van der Waals surface area contributed by atoms with Gasteiger partial charge in [-0.3, -0.25) is 4.79 Å². The Morgan fingerprint density at radius 3 is 2.74 bits per heavy atom. The number of amides is 1. The fourth-order valence-corrected chi connectivity index (χ4v) is 2.56. The van der Waals surface area contributed by atoms with Crippen molar-refractivity contribution in [2.75, 3.05) is 20.2 Å². The molecule has 19 heavy (non-hydrogen) atoms. The normalized spacial score (nSPS) is 16.7. The minimum atomic E-state index is 0.0357. The minimum Gasteiger partial charge on any atom is -0.381 e. The van der Waals surface area contributed by atoms with E-state index in [4.69, 9.17) is 16.3 Å². The summed E-state index contributed by atoms with van der Waals surface area (Å²) in [5.41, 5.74) is 1.48. The van der Waals surface area contributed by atoms with E-state index in [1.54, 1.807) is 13.2 Å². The third-order valence-corrected chi connectivity index (χ3v) is 3.71. The van der Waals surface area contributed by atoms with Crippen molar-refractivity contribution in [2.24, 2.45) is 0 Å². The minimum absolute atomic E-state index is 0.0357. The van der Waals surface area contributed by atoms with Crippen molar-refractivity contribution < 1.29 is 9.53 Å². The molecule has 5 heteroatoms. The molecule has 0 N–H and O–H groups in total. The molecule has 0 bridgehead atoms. The van der Waals surface area contributed by atoms with Crippen molar-refractivity contribution in [3.63, 3.8) is 0 Å². The van der Waals surface area contributed by atoms with Crippen LogP contribution in [0.3, 0.4) is 0 Å². The SMILES string of the molecule is CCc1cc(C(=O)N2CCC(OC)CC2)cc(Cl)n1.